The van der Waals surface area contributed by atoms with Crippen molar-refractivity contribution in [3.8, 4) is 5.75 Å². The van der Waals surface area contributed by atoms with Gasteiger partial charge in [0.15, 0.2) is 0 Å². The van der Waals surface area contributed by atoms with Crippen LogP contribution in [-0.2, 0) is 11.3 Å². The molecule has 0 saturated carbocycles. The maximum absolute atomic E-state index is 11.6. The molecule has 1 aromatic rings. The molecule has 0 radical (unpaired) electrons. The fourth-order valence-corrected chi connectivity index (χ4v) is 2.62. The molecule has 4 nitrogen and oxygen atoms in total. The highest BCUT2D eigenvalue weighted by Crippen LogP contribution is 2.14. The van der Waals surface area contributed by atoms with Crippen LogP contribution in [0.25, 0.3) is 0 Å². The predicted octanol–water partition coefficient (Wildman–Crippen LogP) is 2.39. The van der Waals surface area contributed by atoms with Crippen molar-refractivity contribution >= 4 is 29.9 Å². The number of halogens is 2. The van der Waals surface area contributed by atoms with Gasteiger partial charge in [-0.05, 0) is 24.1 Å². The van der Waals surface area contributed by atoms with Gasteiger partial charge in [0.1, 0.15) is 11.6 Å². The van der Waals surface area contributed by atoms with E-state index in [4.69, 9.17) is 16.3 Å². The van der Waals surface area contributed by atoms with Crippen LogP contribution >= 0.6 is 24.0 Å². The molecule has 0 bridgehead atoms. The molecule has 0 N–H and O–H groups in total. The van der Waals surface area contributed by atoms with Gasteiger partial charge in [0.2, 0.25) is 5.91 Å². The van der Waals surface area contributed by atoms with E-state index in [9.17, 15) is 4.79 Å². The lowest BCUT2D eigenvalue weighted by atomic mass is 10.2. The molecule has 0 aromatic heterocycles. The first-order chi connectivity index (χ1) is 9.72. The number of carbonyl (C=O) groups is 1. The highest BCUT2D eigenvalue weighted by Gasteiger charge is 2.18. The average Bonchev–Trinajstić information content (AvgIpc) is 2.73. The molecule has 118 valence electrons. The minimum Gasteiger partial charge on any atom is -0.497 e. The molecule has 0 aliphatic carbocycles. The second-order valence-electron chi connectivity index (χ2n) is 4.99. The summed E-state index contributed by atoms with van der Waals surface area (Å²) < 4.78 is 5.16. The molecule has 0 atom stereocenters. The maximum Gasteiger partial charge on any atom is 0.237 e. The summed E-state index contributed by atoms with van der Waals surface area (Å²) >= 11 is 5.62. The van der Waals surface area contributed by atoms with Crippen LogP contribution in [0.15, 0.2) is 24.3 Å². The second-order valence-corrected chi connectivity index (χ2v) is 5.26. The number of nitrogens with zero attached hydrogens (tertiary/aromatic N) is 2. The van der Waals surface area contributed by atoms with Gasteiger partial charge in [-0.2, -0.15) is 0 Å². The lowest BCUT2D eigenvalue weighted by Crippen LogP contribution is -2.35. The van der Waals surface area contributed by atoms with Gasteiger partial charge >= 0.3 is 0 Å². The Morgan fingerprint density at radius 2 is 1.90 bits per heavy atom. The normalized spacial score (nSPS) is 16.0. The number of carbonyl (C=O) groups excluding carboxylic acids is 1. The van der Waals surface area contributed by atoms with Gasteiger partial charge in [-0.3, -0.25) is 9.69 Å². The summed E-state index contributed by atoms with van der Waals surface area (Å²) in [6.45, 7) is 4.39. The zero-order valence-corrected chi connectivity index (χ0v) is 13.8. The molecule has 21 heavy (non-hydrogen) atoms. The van der Waals surface area contributed by atoms with Crippen LogP contribution < -0.4 is 4.74 Å². The summed E-state index contributed by atoms with van der Waals surface area (Å²) in [5.74, 6) is 1.000. The number of alkyl halides is 1. The van der Waals surface area contributed by atoms with Gasteiger partial charge < -0.3 is 9.64 Å². The van der Waals surface area contributed by atoms with Crippen molar-refractivity contribution in [3.05, 3.63) is 29.8 Å². The largest absolute Gasteiger partial charge is 0.497 e. The first-order valence-corrected chi connectivity index (χ1v) is 7.45. The van der Waals surface area contributed by atoms with E-state index in [-0.39, 0.29) is 24.2 Å². The zero-order chi connectivity index (χ0) is 14.4. The lowest BCUT2D eigenvalue weighted by Gasteiger charge is -2.21. The van der Waals surface area contributed by atoms with Crippen LogP contribution in [-0.4, -0.2) is 54.9 Å². The molecule has 1 aliphatic rings. The monoisotopic (exact) mass is 332 g/mol. The molecule has 1 aliphatic heterocycles. The van der Waals surface area contributed by atoms with E-state index >= 15 is 0 Å². The fourth-order valence-electron chi connectivity index (χ4n) is 2.45. The summed E-state index contributed by atoms with van der Waals surface area (Å²) in [6.07, 6.45) is 0.999. The number of hydrogen-bond acceptors (Lipinski definition) is 3. The van der Waals surface area contributed by atoms with Crippen molar-refractivity contribution in [2.45, 2.75) is 13.0 Å². The summed E-state index contributed by atoms with van der Waals surface area (Å²) in [5.41, 5.74) is 1.27. The average molecular weight is 333 g/mol. The third kappa shape index (κ3) is 5.38. The molecule has 1 aromatic carbocycles. The van der Waals surface area contributed by atoms with Gasteiger partial charge in [-0.25, -0.2) is 0 Å². The Morgan fingerprint density at radius 3 is 2.52 bits per heavy atom. The number of rotatable bonds is 4. The van der Waals surface area contributed by atoms with Crippen LogP contribution in [0.5, 0.6) is 5.75 Å². The van der Waals surface area contributed by atoms with Crippen LogP contribution in [0.4, 0.5) is 0 Å². The molecule has 1 amide bonds. The SMILES string of the molecule is COc1ccc(CN2CCCN(C(=O)CCl)CC2)cc1.Cl. The van der Waals surface area contributed by atoms with E-state index in [1.54, 1.807) is 7.11 Å². The summed E-state index contributed by atoms with van der Waals surface area (Å²) in [7, 11) is 1.67. The highest BCUT2D eigenvalue weighted by atomic mass is 35.5. The van der Waals surface area contributed by atoms with E-state index in [0.717, 1.165) is 44.9 Å². The van der Waals surface area contributed by atoms with E-state index in [2.05, 4.69) is 17.0 Å². The van der Waals surface area contributed by atoms with E-state index < -0.39 is 0 Å². The Bertz CT molecular complexity index is 440. The summed E-state index contributed by atoms with van der Waals surface area (Å²) in [5, 5.41) is 0. The van der Waals surface area contributed by atoms with E-state index in [0.29, 0.717) is 0 Å². The minimum absolute atomic E-state index is 0. The van der Waals surface area contributed by atoms with Crippen LogP contribution in [0.1, 0.15) is 12.0 Å². The minimum atomic E-state index is 0. The van der Waals surface area contributed by atoms with E-state index in [1.165, 1.54) is 5.56 Å². The topological polar surface area (TPSA) is 32.8 Å². The second kappa shape index (κ2) is 9.13. The molecular formula is C15H22Cl2N2O2. The number of amides is 1. The standard InChI is InChI=1S/C15H21ClN2O2.ClH/c1-20-14-5-3-13(4-6-14)12-17-7-2-8-18(10-9-17)15(19)11-16;/h3-6H,2,7-12H2,1H3;1H. The van der Waals surface area contributed by atoms with Crippen molar-refractivity contribution in [1.82, 2.24) is 9.80 Å². The highest BCUT2D eigenvalue weighted by molar-refractivity contribution is 6.27. The molecule has 2 rings (SSSR count). The Kier molecular flexibility index (Phi) is 7.86. The fraction of sp³-hybridized carbons (Fsp3) is 0.533. The Hall–Kier alpha value is -0.970. The lowest BCUT2D eigenvalue weighted by molar-refractivity contribution is -0.128. The van der Waals surface area contributed by atoms with Gasteiger partial charge in [-0.1, -0.05) is 12.1 Å². The molecule has 6 heteroatoms. The summed E-state index contributed by atoms with van der Waals surface area (Å²) in [6, 6.07) is 8.14. The first-order valence-electron chi connectivity index (χ1n) is 6.92. The van der Waals surface area contributed by atoms with Crippen molar-refractivity contribution in [2.75, 3.05) is 39.2 Å². The van der Waals surface area contributed by atoms with Crippen molar-refractivity contribution in [3.63, 3.8) is 0 Å². The predicted molar refractivity (Wildman–Crippen MR) is 87.4 cm³/mol. The number of benzene rings is 1. The number of ether oxygens (including phenoxy) is 1. The van der Waals surface area contributed by atoms with Crippen molar-refractivity contribution in [2.24, 2.45) is 0 Å². The molecule has 1 heterocycles. The van der Waals surface area contributed by atoms with Crippen molar-refractivity contribution in [1.29, 1.82) is 0 Å². The van der Waals surface area contributed by atoms with Gasteiger partial charge in [0.05, 0.1) is 7.11 Å². The van der Waals surface area contributed by atoms with Crippen molar-refractivity contribution < 1.29 is 9.53 Å². The Balaban J connectivity index is 0.00000220. The summed E-state index contributed by atoms with van der Waals surface area (Å²) in [4.78, 5) is 15.9. The van der Waals surface area contributed by atoms with Crippen LogP contribution in [0.2, 0.25) is 0 Å². The van der Waals surface area contributed by atoms with E-state index in [1.807, 2.05) is 17.0 Å². The molecular weight excluding hydrogens is 311 g/mol. The van der Waals surface area contributed by atoms with Crippen LogP contribution in [0, 0.1) is 0 Å². The number of hydrogen-bond donors (Lipinski definition) is 0. The van der Waals surface area contributed by atoms with Gasteiger partial charge in [0.25, 0.3) is 0 Å². The Morgan fingerprint density at radius 1 is 1.19 bits per heavy atom. The smallest absolute Gasteiger partial charge is 0.237 e. The molecule has 1 saturated heterocycles. The third-order valence-electron chi connectivity index (χ3n) is 3.62. The molecule has 1 fully saturated rings. The molecule has 0 unspecified atom stereocenters. The van der Waals surface area contributed by atoms with Gasteiger partial charge in [0, 0.05) is 32.7 Å². The van der Waals surface area contributed by atoms with Crippen LogP contribution in [0.3, 0.4) is 0 Å². The maximum atomic E-state index is 11.6. The van der Waals surface area contributed by atoms with Gasteiger partial charge in [-0.15, -0.1) is 24.0 Å². The third-order valence-corrected chi connectivity index (χ3v) is 3.85. The quantitative estimate of drug-likeness (QED) is 0.793. The molecule has 0 spiro atoms. The zero-order valence-electron chi connectivity index (χ0n) is 12.3. The number of methoxy groups -OCH3 is 1. The first kappa shape index (κ1) is 18.1. The Labute approximate surface area is 137 Å².